The van der Waals surface area contributed by atoms with Crippen molar-refractivity contribution in [1.82, 2.24) is 9.78 Å². The van der Waals surface area contributed by atoms with Gasteiger partial charge >= 0.3 is 0 Å². The Hall–Kier alpha value is -1.81. The first-order valence-corrected chi connectivity index (χ1v) is 5.61. The molecule has 1 aromatic carbocycles. The number of benzene rings is 1. The van der Waals surface area contributed by atoms with Gasteiger partial charge in [-0.1, -0.05) is 18.2 Å². The molecule has 0 saturated heterocycles. The number of rotatable bonds is 4. The van der Waals surface area contributed by atoms with Crippen molar-refractivity contribution in [1.29, 1.82) is 0 Å². The smallest absolute Gasteiger partial charge is 0.124 e. The Bertz CT molecular complexity index is 493. The molecule has 0 aliphatic rings. The third-order valence-electron chi connectivity index (χ3n) is 2.78. The van der Waals surface area contributed by atoms with Crippen LogP contribution >= 0.6 is 0 Å². The summed E-state index contributed by atoms with van der Waals surface area (Å²) in [5, 5.41) is 4.41. The number of methoxy groups -OCH3 is 1. The summed E-state index contributed by atoms with van der Waals surface area (Å²) in [7, 11) is 1.67. The summed E-state index contributed by atoms with van der Waals surface area (Å²) in [5.74, 6) is 0.844. The van der Waals surface area contributed by atoms with E-state index in [9.17, 15) is 0 Å². The Kier molecular flexibility index (Phi) is 3.44. The SMILES string of the molecule is COc1ccccc1C(CN)n1ccc(C)n1. The Morgan fingerprint density at radius 3 is 2.71 bits per heavy atom. The molecule has 0 spiro atoms. The largest absolute Gasteiger partial charge is 0.496 e. The number of ether oxygens (including phenoxy) is 1. The summed E-state index contributed by atoms with van der Waals surface area (Å²) >= 11 is 0. The molecule has 2 N–H and O–H groups in total. The maximum atomic E-state index is 5.85. The molecule has 90 valence electrons. The summed E-state index contributed by atoms with van der Waals surface area (Å²) in [4.78, 5) is 0. The number of nitrogens with zero attached hydrogens (tertiary/aromatic N) is 2. The van der Waals surface area contributed by atoms with Gasteiger partial charge in [-0.05, 0) is 19.1 Å². The van der Waals surface area contributed by atoms with Crippen molar-refractivity contribution in [2.24, 2.45) is 5.73 Å². The van der Waals surface area contributed by atoms with Crippen LogP contribution < -0.4 is 10.5 Å². The van der Waals surface area contributed by atoms with Gasteiger partial charge in [0.1, 0.15) is 5.75 Å². The fraction of sp³-hybridized carbons (Fsp3) is 0.308. The molecule has 0 radical (unpaired) electrons. The Labute approximate surface area is 101 Å². The number of nitrogens with two attached hydrogens (primary N) is 1. The molecule has 0 amide bonds. The van der Waals surface area contributed by atoms with E-state index in [4.69, 9.17) is 10.5 Å². The van der Waals surface area contributed by atoms with Gasteiger partial charge in [0.15, 0.2) is 0 Å². The molecular weight excluding hydrogens is 214 g/mol. The molecule has 2 rings (SSSR count). The quantitative estimate of drug-likeness (QED) is 0.872. The minimum absolute atomic E-state index is 0.0137. The first-order chi connectivity index (χ1) is 8.26. The molecule has 4 heteroatoms. The van der Waals surface area contributed by atoms with Crippen molar-refractivity contribution in [2.45, 2.75) is 13.0 Å². The third-order valence-corrected chi connectivity index (χ3v) is 2.78. The second-order valence-corrected chi connectivity index (χ2v) is 3.93. The third kappa shape index (κ3) is 2.31. The van der Waals surface area contributed by atoms with Crippen molar-refractivity contribution < 1.29 is 4.74 Å². The molecule has 4 nitrogen and oxygen atoms in total. The van der Waals surface area contributed by atoms with E-state index in [-0.39, 0.29) is 6.04 Å². The number of aryl methyl sites for hydroxylation is 1. The van der Waals surface area contributed by atoms with Crippen molar-refractivity contribution >= 4 is 0 Å². The van der Waals surface area contributed by atoms with Gasteiger partial charge in [0, 0.05) is 18.3 Å². The van der Waals surface area contributed by atoms with E-state index in [0.29, 0.717) is 6.54 Å². The van der Waals surface area contributed by atoms with E-state index in [1.165, 1.54) is 0 Å². The summed E-state index contributed by atoms with van der Waals surface area (Å²) in [6, 6.07) is 9.88. The molecule has 1 atom stereocenters. The van der Waals surface area contributed by atoms with Crippen LogP contribution in [0.5, 0.6) is 5.75 Å². The van der Waals surface area contributed by atoms with Crippen molar-refractivity contribution in [3.63, 3.8) is 0 Å². The highest BCUT2D eigenvalue weighted by molar-refractivity contribution is 5.36. The van der Waals surface area contributed by atoms with E-state index in [1.54, 1.807) is 7.11 Å². The molecule has 1 aromatic heterocycles. The minimum atomic E-state index is 0.0137. The average molecular weight is 231 g/mol. The minimum Gasteiger partial charge on any atom is -0.496 e. The van der Waals surface area contributed by atoms with Crippen LogP contribution in [0, 0.1) is 6.92 Å². The molecule has 0 aliphatic carbocycles. The lowest BCUT2D eigenvalue weighted by Gasteiger charge is -2.18. The summed E-state index contributed by atoms with van der Waals surface area (Å²) in [6.07, 6.45) is 1.94. The molecule has 1 unspecified atom stereocenters. The lowest BCUT2D eigenvalue weighted by molar-refractivity contribution is 0.398. The van der Waals surface area contributed by atoms with Gasteiger partial charge in [0.05, 0.1) is 18.8 Å². The van der Waals surface area contributed by atoms with E-state index in [1.807, 2.05) is 48.1 Å². The van der Waals surface area contributed by atoms with Crippen molar-refractivity contribution in [3.8, 4) is 5.75 Å². The molecule has 1 heterocycles. The van der Waals surface area contributed by atoms with Gasteiger partial charge in [0.2, 0.25) is 0 Å². The van der Waals surface area contributed by atoms with Crippen LogP contribution in [0.1, 0.15) is 17.3 Å². The van der Waals surface area contributed by atoms with Gasteiger partial charge in [-0.15, -0.1) is 0 Å². The second-order valence-electron chi connectivity index (χ2n) is 3.93. The fourth-order valence-electron chi connectivity index (χ4n) is 1.93. The van der Waals surface area contributed by atoms with Gasteiger partial charge in [-0.25, -0.2) is 0 Å². The highest BCUT2D eigenvalue weighted by atomic mass is 16.5. The fourth-order valence-corrected chi connectivity index (χ4v) is 1.93. The molecule has 0 saturated carbocycles. The van der Waals surface area contributed by atoms with E-state index >= 15 is 0 Å². The molecule has 0 bridgehead atoms. The van der Waals surface area contributed by atoms with Gasteiger partial charge in [-0.2, -0.15) is 5.10 Å². The molecule has 2 aromatic rings. The predicted molar refractivity (Wildman–Crippen MR) is 67.2 cm³/mol. The normalized spacial score (nSPS) is 12.4. The van der Waals surface area contributed by atoms with Crippen LogP contribution in [0.2, 0.25) is 0 Å². The van der Waals surface area contributed by atoms with E-state index in [2.05, 4.69) is 5.10 Å². The maximum Gasteiger partial charge on any atom is 0.124 e. The van der Waals surface area contributed by atoms with Gasteiger partial charge in [0.25, 0.3) is 0 Å². The summed E-state index contributed by atoms with van der Waals surface area (Å²) in [5.41, 5.74) is 7.89. The number of para-hydroxylation sites is 1. The molecular formula is C13H17N3O. The standard InChI is InChI=1S/C13H17N3O/c1-10-7-8-16(15-10)12(9-14)11-5-3-4-6-13(11)17-2/h3-8,12H,9,14H2,1-2H3. The average Bonchev–Trinajstić information content (AvgIpc) is 2.77. The Balaban J connectivity index is 2.41. The van der Waals surface area contributed by atoms with Crippen LogP contribution in [0.15, 0.2) is 36.5 Å². The second kappa shape index (κ2) is 5.01. The zero-order valence-corrected chi connectivity index (χ0v) is 10.1. The van der Waals surface area contributed by atoms with Crippen molar-refractivity contribution in [2.75, 3.05) is 13.7 Å². The van der Waals surface area contributed by atoms with Crippen molar-refractivity contribution in [3.05, 3.63) is 47.8 Å². The lowest BCUT2D eigenvalue weighted by atomic mass is 10.1. The summed E-state index contributed by atoms with van der Waals surface area (Å²) in [6.45, 7) is 2.45. The lowest BCUT2D eigenvalue weighted by Crippen LogP contribution is -2.21. The van der Waals surface area contributed by atoms with Crippen LogP contribution in [0.25, 0.3) is 0 Å². The topological polar surface area (TPSA) is 53.1 Å². The monoisotopic (exact) mass is 231 g/mol. The Morgan fingerprint density at radius 1 is 1.35 bits per heavy atom. The first kappa shape index (κ1) is 11.7. The highest BCUT2D eigenvalue weighted by Gasteiger charge is 2.16. The first-order valence-electron chi connectivity index (χ1n) is 5.61. The molecule has 0 aliphatic heterocycles. The Morgan fingerprint density at radius 2 is 2.12 bits per heavy atom. The molecule has 17 heavy (non-hydrogen) atoms. The van der Waals surface area contributed by atoms with Crippen LogP contribution in [-0.4, -0.2) is 23.4 Å². The highest BCUT2D eigenvalue weighted by Crippen LogP contribution is 2.26. The number of hydrogen-bond acceptors (Lipinski definition) is 3. The predicted octanol–water partition coefficient (Wildman–Crippen LogP) is 1.75. The summed E-state index contributed by atoms with van der Waals surface area (Å²) < 4.78 is 7.24. The van der Waals surface area contributed by atoms with Crippen LogP contribution in [0.4, 0.5) is 0 Å². The van der Waals surface area contributed by atoms with Crippen LogP contribution in [-0.2, 0) is 0 Å². The van der Waals surface area contributed by atoms with Gasteiger partial charge in [-0.3, -0.25) is 4.68 Å². The van der Waals surface area contributed by atoms with E-state index in [0.717, 1.165) is 17.0 Å². The maximum absolute atomic E-state index is 5.85. The zero-order chi connectivity index (χ0) is 12.3. The molecule has 0 fully saturated rings. The number of hydrogen-bond donors (Lipinski definition) is 1. The zero-order valence-electron chi connectivity index (χ0n) is 10.1. The number of aromatic nitrogens is 2. The van der Waals surface area contributed by atoms with E-state index < -0.39 is 0 Å². The van der Waals surface area contributed by atoms with Gasteiger partial charge < -0.3 is 10.5 Å². The van der Waals surface area contributed by atoms with Crippen LogP contribution in [0.3, 0.4) is 0 Å².